The molecule has 0 saturated carbocycles. The second-order valence-corrected chi connectivity index (χ2v) is 24.7. The molecule has 0 N–H and O–H groups in total. The normalized spacial score (nSPS) is 14.5. The van der Waals surface area contributed by atoms with Crippen LogP contribution < -0.4 is 15.0 Å². The predicted molar refractivity (Wildman–Crippen MR) is 259 cm³/mol. The zero-order chi connectivity index (χ0) is 41.1. The van der Waals surface area contributed by atoms with Crippen LogP contribution in [0.15, 0.2) is 168 Å². The molecular weight excluding hydrogens is 765 g/mol. The first-order chi connectivity index (χ1) is 28.9. The number of anilines is 6. The monoisotopic (exact) mass is 812 g/mol. The zero-order valence-electron chi connectivity index (χ0n) is 35.3. The Labute approximate surface area is 358 Å². The van der Waals surface area contributed by atoms with Crippen LogP contribution >= 0.6 is 11.3 Å². The maximum absolute atomic E-state index is 6.40. The van der Waals surface area contributed by atoms with E-state index >= 15 is 0 Å². The molecule has 0 spiro atoms. The van der Waals surface area contributed by atoms with Crippen molar-refractivity contribution >= 4 is 80.7 Å². The number of furan rings is 1. The molecule has 0 unspecified atom stereocenters. The van der Waals surface area contributed by atoms with E-state index in [0.29, 0.717) is 0 Å². The summed E-state index contributed by atoms with van der Waals surface area (Å²) in [7, 11) is -1.43. The van der Waals surface area contributed by atoms with E-state index in [4.69, 9.17) is 4.42 Å². The Kier molecular flexibility index (Phi) is 8.10. The lowest BCUT2D eigenvalue weighted by Gasteiger charge is -2.31. The lowest BCUT2D eigenvalue weighted by atomic mass is 9.74. The fraction of sp³-hybridized carbons (Fsp3) is 0.164. The summed E-state index contributed by atoms with van der Waals surface area (Å²) >= 11 is 1.99. The molecular formula is C55H48N2OSSi. The maximum atomic E-state index is 6.40. The Morgan fingerprint density at radius 2 is 0.867 bits per heavy atom. The summed E-state index contributed by atoms with van der Waals surface area (Å²) in [6.07, 6.45) is 0. The van der Waals surface area contributed by atoms with Crippen LogP contribution in [0.1, 0.15) is 49.9 Å². The van der Waals surface area contributed by atoms with Gasteiger partial charge in [-0.15, -0.1) is 11.3 Å². The lowest BCUT2D eigenvalue weighted by Crippen LogP contribution is -2.37. The molecule has 2 aliphatic carbocycles. The van der Waals surface area contributed by atoms with Crippen LogP contribution in [0.5, 0.6) is 0 Å². The highest BCUT2D eigenvalue weighted by Crippen LogP contribution is 2.64. The van der Waals surface area contributed by atoms with Crippen molar-refractivity contribution in [2.45, 2.75) is 58.2 Å². The van der Waals surface area contributed by atoms with E-state index in [9.17, 15) is 0 Å². The van der Waals surface area contributed by atoms with Crippen molar-refractivity contribution in [1.29, 1.82) is 0 Å². The largest absolute Gasteiger partial charge is 0.456 e. The van der Waals surface area contributed by atoms with Gasteiger partial charge in [-0.25, -0.2) is 0 Å². The summed E-state index contributed by atoms with van der Waals surface area (Å²) in [4.78, 5) is 7.63. The topological polar surface area (TPSA) is 19.6 Å². The second kappa shape index (κ2) is 13.2. The van der Waals surface area contributed by atoms with E-state index in [-0.39, 0.29) is 10.8 Å². The highest BCUT2D eigenvalue weighted by molar-refractivity contribution is 7.19. The van der Waals surface area contributed by atoms with Crippen LogP contribution in [-0.4, -0.2) is 8.07 Å². The third kappa shape index (κ3) is 5.52. The number of benzene rings is 7. The number of para-hydroxylation sites is 3. The van der Waals surface area contributed by atoms with Crippen LogP contribution in [0.3, 0.4) is 0 Å². The van der Waals surface area contributed by atoms with Gasteiger partial charge in [-0.3, -0.25) is 0 Å². The van der Waals surface area contributed by atoms with Gasteiger partial charge in [0.2, 0.25) is 0 Å². The van der Waals surface area contributed by atoms with Crippen molar-refractivity contribution in [3.05, 3.63) is 186 Å². The quantitative estimate of drug-likeness (QED) is 0.149. The van der Waals surface area contributed by atoms with E-state index in [1.807, 2.05) is 23.5 Å². The molecule has 0 atom stereocenters. The minimum atomic E-state index is -1.43. The summed E-state index contributed by atoms with van der Waals surface area (Å²) in [5, 5.41) is 3.75. The number of hydrogen-bond donors (Lipinski definition) is 0. The SMILES string of the molecule is CC1(C)c2cc(N(c3ccccc3)c3ccc([Si](C)(C)C)cc3)ccc2-c2sc3c(c21)C(C)(C)c1cc(N(c2ccccc2)c2ccc4c(c2)oc2ccccc24)ccc1-3. The standard InChI is InChI=1S/C55H48N2OSSi/c1-54(2)46-32-38(56(35-16-10-8-11-17-35)37-22-27-41(28-23-37)60(5,6)7)25-30-44(46)52-50(54)51-53(59-52)45-31-26-39(33-47(45)55(51,3)4)57(36-18-12-9-13-19-36)40-24-29-43-42-20-14-15-21-48(42)58-49(43)34-40/h8-34H,1-7H3. The van der Waals surface area contributed by atoms with Gasteiger partial charge in [-0.05, 0) is 112 Å². The molecule has 0 saturated heterocycles. The molecule has 60 heavy (non-hydrogen) atoms. The van der Waals surface area contributed by atoms with Gasteiger partial charge >= 0.3 is 0 Å². The van der Waals surface area contributed by atoms with E-state index in [0.717, 1.165) is 39.0 Å². The molecule has 2 aromatic heterocycles. The molecule has 11 rings (SSSR count). The number of rotatable bonds is 7. The van der Waals surface area contributed by atoms with Crippen LogP contribution in [0, 0.1) is 0 Å². The van der Waals surface area contributed by atoms with Crippen molar-refractivity contribution < 1.29 is 4.42 Å². The average Bonchev–Trinajstić information content (AvgIpc) is 3.95. The van der Waals surface area contributed by atoms with Crippen LogP contribution in [0.2, 0.25) is 19.6 Å². The predicted octanol–water partition coefficient (Wildman–Crippen LogP) is 15.7. The molecule has 294 valence electrons. The first kappa shape index (κ1) is 36.9. The Morgan fingerprint density at radius 1 is 0.433 bits per heavy atom. The zero-order valence-corrected chi connectivity index (χ0v) is 37.1. The molecule has 0 radical (unpaired) electrons. The number of thiophene rings is 1. The molecule has 0 fully saturated rings. The Morgan fingerprint density at radius 3 is 1.42 bits per heavy atom. The first-order valence-corrected chi connectivity index (χ1v) is 25.4. The van der Waals surface area contributed by atoms with Crippen molar-refractivity contribution in [2.24, 2.45) is 0 Å². The highest BCUT2D eigenvalue weighted by Gasteiger charge is 2.48. The average molecular weight is 813 g/mol. The van der Waals surface area contributed by atoms with Gasteiger partial charge in [-0.1, -0.05) is 131 Å². The van der Waals surface area contributed by atoms with Gasteiger partial charge < -0.3 is 14.2 Å². The van der Waals surface area contributed by atoms with Crippen molar-refractivity contribution in [2.75, 3.05) is 9.80 Å². The minimum absolute atomic E-state index is 0.185. The molecule has 2 aliphatic rings. The molecule has 9 aromatic rings. The van der Waals surface area contributed by atoms with Gasteiger partial charge in [0.05, 0.1) is 8.07 Å². The van der Waals surface area contributed by atoms with E-state index in [1.165, 1.54) is 65.4 Å². The Hall–Kier alpha value is -6.14. The highest BCUT2D eigenvalue weighted by atomic mass is 32.1. The van der Waals surface area contributed by atoms with Crippen LogP contribution in [-0.2, 0) is 10.8 Å². The second-order valence-electron chi connectivity index (χ2n) is 18.6. The lowest BCUT2D eigenvalue weighted by molar-refractivity contribution is 0.603. The summed E-state index contributed by atoms with van der Waals surface area (Å²) < 4.78 is 6.40. The third-order valence-electron chi connectivity index (χ3n) is 13.2. The van der Waals surface area contributed by atoms with Crippen molar-refractivity contribution in [1.82, 2.24) is 0 Å². The van der Waals surface area contributed by atoms with Crippen molar-refractivity contribution in [3.8, 4) is 20.9 Å². The van der Waals surface area contributed by atoms with Crippen molar-refractivity contribution in [3.63, 3.8) is 0 Å². The molecule has 2 heterocycles. The van der Waals surface area contributed by atoms with Gasteiger partial charge in [0.1, 0.15) is 11.2 Å². The van der Waals surface area contributed by atoms with E-state index in [2.05, 4.69) is 209 Å². The molecule has 3 nitrogen and oxygen atoms in total. The molecule has 7 aromatic carbocycles. The molecule has 0 aliphatic heterocycles. The fourth-order valence-corrected chi connectivity index (χ4v) is 12.9. The Bertz CT molecular complexity index is 3130. The van der Waals surface area contributed by atoms with Gasteiger partial charge in [-0.2, -0.15) is 0 Å². The molecule has 0 amide bonds. The van der Waals surface area contributed by atoms with E-state index < -0.39 is 8.07 Å². The van der Waals surface area contributed by atoms with Crippen LogP contribution in [0.4, 0.5) is 34.1 Å². The summed E-state index contributed by atoms with van der Waals surface area (Å²) in [6.45, 7) is 17.0. The summed E-state index contributed by atoms with van der Waals surface area (Å²) in [6, 6.07) is 60.1. The fourth-order valence-electron chi connectivity index (χ4n) is 10.1. The van der Waals surface area contributed by atoms with Gasteiger partial charge in [0.15, 0.2) is 0 Å². The first-order valence-electron chi connectivity index (χ1n) is 21.1. The van der Waals surface area contributed by atoms with Gasteiger partial charge in [0, 0.05) is 71.5 Å². The Balaban J connectivity index is 0.996. The van der Waals surface area contributed by atoms with E-state index in [1.54, 1.807) is 0 Å². The minimum Gasteiger partial charge on any atom is -0.456 e. The maximum Gasteiger partial charge on any atom is 0.137 e. The smallest absolute Gasteiger partial charge is 0.137 e. The van der Waals surface area contributed by atoms with Gasteiger partial charge in [0.25, 0.3) is 0 Å². The number of nitrogens with zero attached hydrogens (tertiary/aromatic N) is 2. The molecule has 0 bridgehead atoms. The summed E-state index contributed by atoms with van der Waals surface area (Å²) in [5.41, 5.74) is 16.7. The number of hydrogen-bond acceptors (Lipinski definition) is 4. The van der Waals surface area contributed by atoms with Crippen LogP contribution in [0.25, 0.3) is 42.8 Å². The number of fused-ring (bicyclic) bond motifs is 10. The summed E-state index contributed by atoms with van der Waals surface area (Å²) in [5.74, 6) is 0. The molecule has 5 heteroatoms. The third-order valence-corrected chi connectivity index (χ3v) is 16.5.